The topological polar surface area (TPSA) is 25.8 Å². The van der Waals surface area contributed by atoms with Crippen molar-refractivity contribution < 1.29 is 4.39 Å². The number of nitrogens with zero attached hydrogens (tertiary/aromatic N) is 2. The third-order valence-corrected chi connectivity index (χ3v) is 3.55. The van der Waals surface area contributed by atoms with Crippen molar-refractivity contribution in [2.45, 2.75) is 33.1 Å². The van der Waals surface area contributed by atoms with Crippen LogP contribution in [0.25, 0.3) is 11.3 Å². The fourth-order valence-corrected chi connectivity index (χ4v) is 2.10. The quantitative estimate of drug-likeness (QED) is 0.677. The van der Waals surface area contributed by atoms with Gasteiger partial charge in [0.1, 0.15) is 16.8 Å². The molecule has 0 radical (unpaired) electrons. The molecule has 0 spiro atoms. The van der Waals surface area contributed by atoms with Gasteiger partial charge in [-0.1, -0.05) is 44.0 Å². The van der Waals surface area contributed by atoms with Crippen LogP contribution in [0.4, 0.5) is 4.39 Å². The van der Waals surface area contributed by atoms with Crippen molar-refractivity contribution in [3.8, 4) is 11.3 Å². The highest BCUT2D eigenvalue weighted by Crippen LogP contribution is 2.31. The van der Waals surface area contributed by atoms with Crippen molar-refractivity contribution in [3.05, 3.63) is 45.6 Å². The monoisotopic (exact) mass is 312 g/mol. The van der Waals surface area contributed by atoms with Crippen LogP contribution in [0.3, 0.4) is 0 Å². The Morgan fingerprint density at radius 1 is 1.10 bits per heavy atom. The second-order valence-corrected chi connectivity index (χ2v) is 6.48. The maximum atomic E-state index is 14.1. The van der Waals surface area contributed by atoms with E-state index in [1.807, 2.05) is 20.8 Å². The summed E-state index contributed by atoms with van der Waals surface area (Å²) in [5, 5.41) is 0.689. The first-order chi connectivity index (χ1) is 9.20. The third kappa shape index (κ3) is 2.94. The largest absolute Gasteiger partial charge is 0.232 e. The van der Waals surface area contributed by atoms with Gasteiger partial charge in [-0.2, -0.15) is 0 Å². The van der Waals surface area contributed by atoms with Crippen molar-refractivity contribution in [2.75, 3.05) is 0 Å². The van der Waals surface area contributed by atoms with Gasteiger partial charge >= 0.3 is 0 Å². The molecule has 1 aromatic carbocycles. The van der Waals surface area contributed by atoms with Crippen LogP contribution >= 0.6 is 23.2 Å². The Kier molecular flexibility index (Phi) is 4.03. The van der Waals surface area contributed by atoms with Gasteiger partial charge in [0.2, 0.25) is 0 Å². The lowest BCUT2D eigenvalue weighted by molar-refractivity contribution is 0.545. The predicted molar refractivity (Wildman–Crippen MR) is 80.9 cm³/mol. The molecule has 2 nitrogen and oxygen atoms in total. The highest BCUT2D eigenvalue weighted by molar-refractivity contribution is 6.31. The number of hydrogen-bond acceptors (Lipinski definition) is 2. The van der Waals surface area contributed by atoms with E-state index in [0.29, 0.717) is 32.8 Å². The predicted octanol–water partition coefficient (Wildman–Crippen LogP) is 5.20. The van der Waals surface area contributed by atoms with Crippen LogP contribution in [0, 0.1) is 12.7 Å². The van der Waals surface area contributed by atoms with Gasteiger partial charge in [-0.25, -0.2) is 14.4 Å². The lowest BCUT2D eigenvalue weighted by Crippen LogP contribution is -2.17. The van der Waals surface area contributed by atoms with Gasteiger partial charge in [-0.3, -0.25) is 0 Å². The Labute approximate surface area is 128 Å². The first-order valence-corrected chi connectivity index (χ1v) is 6.96. The molecule has 1 aromatic heterocycles. The van der Waals surface area contributed by atoms with Crippen LogP contribution in [0.2, 0.25) is 10.2 Å². The van der Waals surface area contributed by atoms with Crippen molar-refractivity contribution >= 4 is 23.2 Å². The van der Waals surface area contributed by atoms with E-state index in [0.717, 1.165) is 0 Å². The smallest absolute Gasteiger partial charge is 0.136 e. The average molecular weight is 313 g/mol. The summed E-state index contributed by atoms with van der Waals surface area (Å²) < 4.78 is 14.1. The van der Waals surface area contributed by atoms with E-state index < -0.39 is 5.82 Å². The van der Waals surface area contributed by atoms with E-state index in [4.69, 9.17) is 23.2 Å². The summed E-state index contributed by atoms with van der Waals surface area (Å²) in [6.45, 7) is 7.72. The van der Waals surface area contributed by atoms with Crippen molar-refractivity contribution in [2.24, 2.45) is 0 Å². The van der Waals surface area contributed by atoms with Crippen LogP contribution in [-0.2, 0) is 5.41 Å². The van der Waals surface area contributed by atoms with Crippen molar-refractivity contribution in [1.29, 1.82) is 0 Å². The molecular formula is C15H15Cl2FN2. The van der Waals surface area contributed by atoms with Crippen LogP contribution in [-0.4, -0.2) is 9.97 Å². The summed E-state index contributed by atoms with van der Waals surface area (Å²) in [5.74, 6) is 0.160. The highest BCUT2D eigenvalue weighted by atomic mass is 35.5. The van der Waals surface area contributed by atoms with Gasteiger partial charge in [-0.15, -0.1) is 0 Å². The summed E-state index contributed by atoms with van der Waals surface area (Å²) in [6, 6.07) is 4.51. The molecule has 0 aliphatic heterocycles. The molecule has 20 heavy (non-hydrogen) atoms. The molecule has 0 N–H and O–H groups in total. The van der Waals surface area contributed by atoms with Gasteiger partial charge in [0, 0.05) is 21.6 Å². The molecule has 2 aromatic rings. The van der Waals surface area contributed by atoms with Crippen molar-refractivity contribution in [1.82, 2.24) is 9.97 Å². The minimum atomic E-state index is -0.421. The van der Waals surface area contributed by atoms with Crippen LogP contribution in [0.1, 0.15) is 32.2 Å². The molecule has 5 heteroatoms. The van der Waals surface area contributed by atoms with Gasteiger partial charge < -0.3 is 0 Å². The van der Waals surface area contributed by atoms with E-state index in [2.05, 4.69) is 9.97 Å². The molecule has 106 valence electrons. The maximum absolute atomic E-state index is 14.1. The summed E-state index contributed by atoms with van der Waals surface area (Å²) in [6.07, 6.45) is 0. The molecule has 0 aliphatic carbocycles. The first kappa shape index (κ1) is 15.2. The molecule has 0 saturated carbocycles. The molecule has 0 amide bonds. The van der Waals surface area contributed by atoms with Crippen LogP contribution < -0.4 is 0 Å². The number of aromatic nitrogens is 2. The van der Waals surface area contributed by atoms with E-state index in [-0.39, 0.29) is 5.41 Å². The zero-order chi connectivity index (χ0) is 15.1. The molecule has 0 unspecified atom stereocenters. The summed E-state index contributed by atoms with van der Waals surface area (Å²) in [7, 11) is 0. The maximum Gasteiger partial charge on any atom is 0.136 e. The van der Waals surface area contributed by atoms with Gasteiger partial charge in [0.15, 0.2) is 0 Å². The zero-order valence-electron chi connectivity index (χ0n) is 11.8. The molecule has 0 aliphatic rings. The van der Waals surface area contributed by atoms with Gasteiger partial charge in [-0.05, 0) is 25.1 Å². The van der Waals surface area contributed by atoms with E-state index in [9.17, 15) is 4.39 Å². The second kappa shape index (κ2) is 5.30. The number of rotatable bonds is 1. The lowest BCUT2D eigenvalue weighted by Gasteiger charge is -2.19. The minimum Gasteiger partial charge on any atom is -0.232 e. The first-order valence-electron chi connectivity index (χ1n) is 6.20. The fraction of sp³-hybridized carbons (Fsp3) is 0.333. The van der Waals surface area contributed by atoms with E-state index in [1.165, 1.54) is 6.07 Å². The van der Waals surface area contributed by atoms with Gasteiger partial charge in [0.25, 0.3) is 0 Å². The highest BCUT2D eigenvalue weighted by Gasteiger charge is 2.22. The second-order valence-electron chi connectivity index (χ2n) is 5.69. The summed E-state index contributed by atoms with van der Waals surface area (Å²) in [5.41, 5.74) is 1.27. The Morgan fingerprint density at radius 3 is 2.30 bits per heavy atom. The summed E-state index contributed by atoms with van der Waals surface area (Å²) in [4.78, 5) is 8.77. The molecule has 0 bridgehead atoms. The van der Waals surface area contributed by atoms with Crippen LogP contribution in [0.5, 0.6) is 0 Å². The number of hydrogen-bond donors (Lipinski definition) is 0. The fourth-order valence-electron chi connectivity index (χ4n) is 1.77. The SMILES string of the molecule is Cc1c(Cl)nc(C(C)(C)C)nc1-c1ccc(Cl)cc1F. The van der Waals surface area contributed by atoms with Gasteiger partial charge in [0.05, 0.1) is 5.69 Å². The molecule has 0 fully saturated rings. The van der Waals surface area contributed by atoms with E-state index >= 15 is 0 Å². The standard InChI is InChI=1S/C15H15Cl2FN2/c1-8-12(10-6-5-9(16)7-11(10)18)19-14(15(2,3)4)20-13(8)17/h5-7H,1-4H3. The Hall–Kier alpha value is -1.19. The Balaban J connectivity index is 2.70. The minimum absolute atomic E-state index is 0.269. The number of benzene rings is 1. The Morgan fingerprint density at radius 2 is 1.75 bits per heavy atom. The third-order valence-electron chi connectivity index (χ3n) is 2.94. The Bertz CT molecular complexity index is 664. The average Bonchev–Trinajstić information content (AvgIpc) is 2.32. The molecule has 1 heterocycles. The van der Waals surface area contributed by atoms with Crippen molar-refractivity contribution in [3.63, 3.8) is 0 Å². The molecular weight excluding hydrogens is 298 g/mol. The lowest BCUT2D eigenvalue weighted by atomic mass is 9.95. The zero-order valence-corrected chi connectivity index (χ0v) is 13.3. The van der Waals surface area contributed by atoms with E-state index in [1.54, 1.807) is 19.1 Å². The van der Waals surface area contributed by atoms with Crippen LogP contribution in [0.15, 0.2) is 18.2 Å². The molecule has 2 rings (SSSR count). The summed E-state index contributed by atoms with van der Waals surface area (Å²) >= 11 is 11.9. The molecule has 0 saturated heterocycles. The molecule has 0 atom stereocenters. The normalized spacial score (nSPS) is 11.8. The number of halogens is 3.